The highest BCUT2D eigenvalue weighted by Crippen LogP contribution is 2.07. The third-order valence-corrected chi connectivity index (χ3v) is 2.40. The smallest absolute Gasteiger partial charge is 0.305 e. The van der Waals surface area contributed by atoms with Crippen LogP contribution in [0.25, 0.3) is 0 Å². The van der Waals surface area contributed by atoms with E-state index in [2.05, 4.69) is 0 Å². The fourth-order valence-corrected chi connectivity index (χ4v) is 1.55. The van der Waals surface area contributed by atoms with E-state index < -0.39 is 24.3 Å². The Hall–Kier alpha value is -1.95. The molecule has 0 spiro atoms. The molecular weight excluding hydrogens is 239 g/mol. The lowest BCUT2D eigenvalue weighted by molar-refractivity contribution is -0.141. The minimum absolute atomic E-state index is 0.184. The van der Waals surface area contributed by atoms with Crippen LogP contribution >= 0.6 is 0 Å². The van der Waals surface area contributed by atoms with Crippen molar-refractivity contribution in [3.05, 3.63) is 35.6 Å². The highest BCUT2D eigenvalue weighted by Gasteiger charge is 2.20. The molecule has 1 amide bonds. The van der Waals surface area contributed by atoms with Crippen molar-refractivity contribution < 1.29 is 19.1 Å². The van der Waals surface area contributed by atoms with Crippen LogP contribution in [0.3, 0.4) is 0 Å². The second-order valence-corrected chi connectivity index (χ2v) is 4.03. The van der Waals surface area contributed by atoms with Crippen LogP contribution in [0.5, 0.6) is 0 Å². The third kappa shape index (κ3) is 4.14. The highest BCUT2D eigenvalue weighted by atomic mass is 19.1. The number of rotatable bonds is 5. The summed E-state index contributed by atoms with van der Waals surface area (Å²) in [5.74, 6) is -2.00. The van der Waals surface area contributed by atoms with Gasteiger partial charge in [-0.3, -0.25) is 9.59 Å². The molecule has 5 nitrogen and oxygen atoms in total. The molecule has 0 heterocycles. The maximum Gasteiger partial charge on any atom is 0.305 e. The van der Waals surface area contributed by atoms with Crippen molar-refractivity contribution in [2.24, 2.45) is 5.73 Å². The van der Waals surface area contributed by atoms with Gasteiger partial charge in [-0.1, -0.05) is 12.1 Å². The molecule has 1 atom stereocenters. The number of likely N-dealkylation sites (N-methyl/N-ethyl adjacent to an activating group) is 1. The largest absolute Gasteiger partial charge is 0.481 e. The van der Waals surface area contributed by atoms with Gasteiger partial charge in [-0.15, -0.1) is 0 Å². The van der Waals surface area contributed by atoms with Crippen LogP contribution in [-0.2, 0) is 16.1 Å². The van der Waals surface area contributed by atoms with E-state index in [9.17, 15) is 14.0 Å². The number of nitrogens with two attached hydrogens (primary N) is 1. The monoisotopic (exact) mass is 254 g/mol. The van der Waals surface area contributed by atoms with Crippen LogP contribution in [0.15, 0.2) is 24.3 Å². The van der Waals surface area contributed by atoms with Gasteiger partial charge in [0.2, 0.25) is 5.91 Å². The maximum atomic E-state index is 12.9. The lowest BCUT2D eigenvalue weighted by Crippen LogP contribution is -2.42. The summed E-state index contributed by atoms with van der Waals surface area (Å²) in [5, 5.41) is 8.54. The first-order valence-electron chi connectivity index (χ1n) is 5.37. The van der Waals surface area contributed by atoms with Gasteiger partial charge in [0.25, 0.3) is 0 Å². The van der Waals surface area contributed by atoms with Gasteiger partial charge in [-0.05, 0) is 17.7 Å². The summed E-state index contributed by atoms with van der Waals surface area (Å²) in [6.07, 6.45) is -0.424. The number of hydrogen-bond donors (Lipinski definition) is 2. The van der Waals surface area contributed by atoms with Crippen molar-refractivity contribution in [3.8, 4) is 0 Å². The molecule has 0 saturated heterocycles. The summed E-state index contributed by atoms with van der Waals surface area (Å²) in [6.45, 7) is 0.184. The van der Waals surface area contributed by atoms with Gasteiger partial charge in [0, 0.05) is 13.6 Å². The highest BCUT2D eigenvalue weighted by molar-refractivity contribution is 5.85. The summed E-state index contributed by atoms with van der Waals surface area (Å²) >= 11 is 0. The number of nitrogens with zero attached hydrogens (tertiary/aromatic N) is 1. The van der Waals surface area contributed by atoms with E-state index in [1.807, 2.05) is 0 Å². The molecule has 0 aliphatic rings. The van der Waals surface area contributed by atoms with Crippen molar-refractivity contribution in [2.45, 2.75) is 19.0 Å². The first-order valence-corrected chi connectivity index (χ1v) is 5.37. The molecule has 6 heteroatoms. The summed E-state index contributed by atoms with van der Waals surface area (Å²) < 4.78 is 12.9. The molecule has 0 bridgehead atoms. The molecule has 1 rings (SSSR count). The standard InChI is InChI=1S/C12H15FN2O3/c1-15(12(18)10(14)6-11(16)17)7-8-3-2-4-9(13)5-8/h2-5,10H,6-7,14H2,1H3,(H,16,17). The molecule has 0 aliphatic carbocycles. The van der Waals surface area contributed by atoms with E-state index in [4.69, 9.17) is 10.8 Å². The molecule has 1 unspecified atom stereocenters. The van der Waals surface area contributed by atoms with Crippen molar-refractivity contribution >= 4 is 11.9 Å². The van der Waals surface area contributed by atoms with Crippen LogP contribution in [-0.4, -0.2) is 35.0 Å². The van der Waals surface area contributed by atoms with Gasteiger partial charge in [0.05, 0.1) is 12.5 Å². The van der Waals surface area contributed by atoms with Gasteiger partial charge in [0.15, 0.2) is 0 Å². The number of carbonyl (C=O) groups is 2. The second-order valence-electron chi connectivity index (χ2n) is 4.03. The zero-order chi connectivity index (χ0) is 13.7. The van der Waals surface area contributed by atoms with E-state index in [0.29, 0.717) is 5.56 Å². The SMILES string of the molecule is CN(Cc1cccc(F)c1)C(=O)C(N)CC(=O)O. The van der Waals surface area contributed by atoms with E-state index >= 15 is 0 Å². The predicted molar refractivity (Wildman–Crippen MR) is 63.1 cm³/mol. The topological polar surface area (TPSA) is 83.6 Å². The Morgan fingerprint density at radius 3 is 2.72 bits per heavy atom. The Balaban J connectivity index is 2.62. The van der Waals surface area contributed by atoms with Crippen molar-refractivity contribution in [1.82, 2.24) is 4.90 Å². The Bertz CT molecular complexity index is 451. The predicted octanol–water partition coefficient (Wildman–Crippen LogP) is 0.586. The molecule has 0 aromatic heterocycles. The number of amides is 1. The van der Waals surface area contributed by atoms with Crippen molar-refractivity contribution in [3.63, 3.8) is 0 Å². The molecule has 3 N–H and O–H groups in total. The summed E-state index contributed by atoms with van der Waals surface area (Å²) in [4.78, 5) is 23.4. The number of carboxylic acids is 1. The maximum absolute atomic E-state index is 12.9. The lowest BCUT2D eigenvalue weighted by Gasteiger charge is -2.20. The molecular formula is C12H15FN2O3. The van der Waals surface area contributed by atoms with Crippen LogP contribution in [0.1, 0.15) is 12.0 Å². The molecule has 0 radical (unpaired) electrons. The summed E-state index contributed by atoms with van der Waals surface area (Å²) in [7, 11) is 1.49. The summed E-state index contributed by atoms with van der Waals surface area (Å²) in [5.41, 5.74) is 6.08. The fourth-order valence-electron chi connectivity index (χ4n) is 1.55. The lowest BCUT2D eigenvalue weighted by atomic mass is 10.1. The Morgan fingerprint density at radius 2 is 2.17 bits per heavy atom. The van der Waals surface area contributed by atoms with Crippen LogP contribution in [0.4, 0.5) is 4.39 Å². The number of hydrogen-bond acceptors (Lipinski definition) is 3. The van der Waals surface area contributed by atoms with Crippen LogP contribution in [0, 0.1) is 5.82 Å². The van der Waals surface area contributed by atoms with Crippen LogP contribution in [0.2, 0.25) is 0 Å². The van der Waals surface area contributed by atoms with Crippen molar-refractivity contribution in [2.75, 3.05) is 7.05 Å². The van der Waals surface area contributed by atoms with Gasteiger partial charge in [-0.2, -0.15) is 0 Å². The number of carboxylic acid groups (broad SMARTS) is 1. The van der Waals surface area contributed by atoms with E-state index in [-0.39, 0.29) is 12.4 Å². The molecule has 0 fully saturated rings. The first-order chi connectivity index (χ1) is 8.40. The fraction of sp³-hybridized carbons (Fsp3) is 0.333. The minimum Gasteiger partial charge on any atom is -0.481 e. The van der Waals surface area contributed by atoms with Gasteiger partial charge in [-0.25, -0.2) is 4.39 Å². The first kappa shape index (κ1) is 14.1. The van der Waals surface area contributed by atoms with Gasteiger partial charge in [0.1, 0.15) is 5.82 Å². The van der Waals surface area contributed by atoms with E-state index in [1.165, 1.54) is 24.1 Å². The molecule has 1 aromatic rings. The molecule has 0 saturated carbocycles. The number of aliphatic carboxylic acids is 1. The zero-order valence-electron chi connectivity index (χ0n) is 9.97. The van der Waals surface area contributed by atoms with E-state index in [0.717, 1.165) is 0 Å². The third-order valence-electron chi connectivity index (χ3n) is 2.40. The Labute approximate surface area is 104 Å². The Morgan fingerprint density at radius 1 is 1.50 bits per heavy atom. The minimum atomic E-state index is -1.13. The average Bonchev–Trinajstić information content (AvgIpc) is 2.27. The van der Waals surface area contributed by atoms with Crippen LogP contribution < -0.4 is 5.73 Å². The molecule has 18 heavy (non-hydrogen) atoms. The normalized spacial score (nSPS) is 11.9. The second kappa shape index (κ2) is 6.11. The molecule has 1 aromatic carbocycles. The number of carbonyl (C=O) groups excluding carboxylic acids is 1. The zero-order valence-corrected chi connectivity index (χ0v) is 9.97. The molecule has 0 aliphatic heterocycles. The molecule has 98 valence electrons. The summed E-state index contributed by atoms with van der Waals surface area (Å²) in [6, 6.07) is 4.75. The van der Waals surface area contributed by atoms with Gasteiger partial charge < -0.3 is 15.7 Å². The Kier molecular flexibility index (Phi) is 4.79. The average molecular weight is 254 g/mol. The van der Waals surface area contributed by atoms with E-state index in [1.54, 1.807) is 12.1 Å². The quantitative estimate of drug-likeness (QED) is 0.805. The number of halogens is 1. The van der Waals surface area contributed by atoms with Crippen molar-refractivity contribution in [1.29, 1.82) is 0 Å². The number of benzene rings is 1. The van der Waals surface area contributed by atoms with Gasteiger partial charge >= 0.3 is 5.97 Å².